The van der Waals surface area contributed by atoms with Gasteiger partial charge in [-0.25, -0.2) is 0 Å². The molecule has 3 nitrogen and oxygen atoms in total. The number of methoxy groups -OCH3 is 1. The molecular weight excluding hydrogens is 178 g/mol. The predicted octanol–water partition coefficient (Wildman–Crippen LogP) is 1.14. The third-order valence-electron chi connectivity index (χ3n) is 3.53. The molecule has 1 aliphatic heterocycles. The Morgan fingerprint density at radius 2 is 2.00 bits per heavy atom. The van der Waals surface area contributed by atoms with Crippen molar-refractivity contribution in [2.75, 3.05) is 46.6 Å². The summed E-state index contributed by atoms with van der Waals surface area (Å²) in [6.45, 7) is 6.16. The van der Waals surface area contributed by atoms with Gasteiger partial charge < -0.3 is 9.47 Å². The van der Waals surface area contributed by atoms with Crippen molar-refractivity contribution in [2.24, 2.45) is 5.41 Å². The van der Waals surface area contributed by atoms with Crippen LogP contribution in [0.3, 0.4) is 0 Å². The zero-order valence-corrected chi connectivity index (χ0v) is 9.13. The van der Waals surface area contributed by atoms with Gasteiger partial charge in [0, 0.05) is 32.2 Å². The summed E-state index contributed by atoms with van der Waals surface area (Å²) in [5.74, 6) is 0. The highest BCUT2D eigenvalue weighted by atomic mass is 16.5. The van der Waals surface area contributed by atoms with Crippen LogP contribution in [0.2, 0.25) is 0 Å². The highest BCUT2D eigenvalue weighted by Crippen LogP contribution is 2.41. The first kappa shape index (κ1) is 10.4. The Morgan fingerprint density at radius 1 is 1.29 bits per heavy atom. The summed E-state index contributed by atoms with van der Waals surface area (Å²) in [6, 6.07) is 0. The molecule has 1 saturated carbocycles. The van der Waals surface area contributed by atoms with Crippen LogP contribution in [0.4, 0.5) is 0 Å². The van der Waals surface area contributed by atoms with E-state index in [1.807, 2.05) is 7.11 Å². The van der Waals surface area contributed by atoms with Crippen LogP contribution in [0.5, 0.6) is 0 Å². The van der Waals surface area contributed by atoms with Crippen LogP contribution in [-0.2, 0) is 9.47 Å². The van der Waals surface area contributed by atoms with Crippen LogP contribution in [0, 0.1) is 5.41 Å². The molecule has 82 valence electrons. The first-order valence-corrected chi connectivity index (χ1v) is 5.64. The molecular formula is C11H21NO2. The summed E-state index contributed by atoms with van der Waals surface area (Å²) < 4.78 is 10.7. The molecule has 3 heteroatoms. The standard InChI is InChI=1S/C11H21NO2/c1-13-10-11(3-2-4-11)9-12-5-7-14-8-6-12/h2-10H2,1H3. The minimum absolute atomic E-state index is 0.478. The number of hydrogen-bond acceptors (Lipinski definition) is 3. The summed E-state index contributed by atoms with van der Waals surface area (Å²) in [6.07, 6.45) is 4.07. The summed E-state index contributed by atoms with van der Waals surface area (Å²) in [5, 5.41) is 0. The van der Waals surface area contributed by atoms with Gasteiger partial charge in [-0.1, -0.05) is 6.42 Å². The topological polar surface area (TPSA) is 21.7 Å². The largest absolute Gasteiger partial charge is 0.384 e. The Bertz CT molecular complexity index is 174. The average molecular weight is 199 g/mol. The molecule has 0 aromatic rings. The fourth-order valence-corrected chi connectivity index (χ4v) is 2.56. The maximum Gasteiger partial charge on any atom is 0.0594 e. The number of rotatable bonds is 4. The molecule has 0 unspecified atom stereocenters. The minimum Gasteiger partial charge on any atom is -0.384 e. The van der Waals surface area contributed by atoms with Gasteiger partial charge in [0.2, 0.25) is 0 Å². The van der Waals surface area contributed by atoms with Gasteiger partial charge in [0.1, 0.15) is 0 Å². The molecule has 2 fully saturated rings. The molecule has 0 atom stereocenters. The molecule has 0 spiro atoms. The fourth-order valence-electron chi connectivity index (χ4n) is 2.56. The van der Waals surface area contributed by atoms with Gasteiger partial charge in [0.05, 0.1) is 19.8 Å². The second-order valence-corrected chi connectivity index (χ2v) is 4.68. The highest BCUT2D eigenvalue weighted by molar-refractivity contribution is 4.90. The Hall–Kier alpha value is -0.120. The third-order valence-corrected chi connectivity index (χ3v) is 3.53. The molecule has 14 heavy (non-hydrogen) atoms. The second kappa shape index (κ2) is 4.60. The van der Waals surface area contributed by atoms with Crippen molar-refractivity contribution in [1.29, 1.82) is 0 Å². The number of nitrogens with zero attached hydrogens (tertiary/aromatic N) is 1. The van der Waals surface area contributed by atoms with Gasteiger partial charge in [-0.3, -0.25) is 4.90 Å². The third kappa shape index (κ3) is 2.27. The zero-order valence-electron chi connectivity index (χ0n) is 9.13. The molecule has 2 rings (SSSR count). The van der Waals surface area contributed by atoms with Gasteiger partial charge >= 0.3 is 0 Å². The van der Waals surface area contributed by atoms with E-state index >= 15 is 0 Å². The Labute approximate surface area is 86.4 Å². The number of ether oxygens (including phenoxy) is 2. The van der Waals surface area contributed by atoms with Crippen molar-refractivity contribution in [3.05, 3.63) is 0 Å². The summed E-state index contributed by atoms with van der Waals surface area (Å²) in [5.41, 5.74) is 0.478. The van der Waals surface area contributed by atoms with Gasteiger partial charge in [-0.15, -0.1) is 0 Å². The second-order valence-electron chi connectivity index (χ2n) is 4.68. The minimum atomic E-state index is 0.478. The van der Waals surface area contributed by atoms with Crippen molar-refractivity contribution in [3.63, 3.8) is 0 Å². The molecule has 0 bridgehead atoms. The molecule has 0 aromatic carbocycles. The monoisotopic (exact) mass is 199 g/mol. The van der Waals surface area contributed by atoms with E-state index in [1.54, 1.807) is 0 Å². The maximum absolute atomic E-state index is 5.35. The lowest BCUT2D eigenvalue weighted by Gasteiger charge is -2.45. The normalized spacial score (nSPS) is 27.2. The quantitative estimate of drug-likeness (QED) is 0.677. The lowest BCUT2D eigenvalue weighted by atomic mass is 9.69. The summed E-state index contributed by atoms with van der Waals surface area (Å²) in [4.78, 5) is 2.53. The molecule has 1 heterocycles. The number of morpholine rings is 1. The van der Waals surface area contributed by atoms with Crippen LogP contribution in [0.1, 0.15) is 19.3 Å². The van der Waals surface area contributed by atoms with Crippen LogP contribution in [0.15, 0.2) is 0 Å². The van der Waals surface area contributed by atoms with Crippen molar-refractivity contribution < 1.29 is 9.47 Å². The SMILES string of the molecule is COCC1(CN2CCOCC2)CCC1. The smallest absolute Gasteiger partial charge is 0.0594 e. The maximum atomic E-state index is 5.35. The van der Waals surface area contributed by atoms with Crippen LogP contribution in [-0.4, -0.2) is 51.5 Å². The first-order chi connectivity index (χ1) is 6.85. The van der Waals surface area contributed by atoms with E-state index in [-0.39, 0.29) is 0 Å². The van der Waals surface area contributed by atoms with Gasteiger partial charge in [-0.05, 0) is 12.8 Å². The van der Waals surface area contributed by atoms with Crippen LogP contribution in [0.25, 0.3) is 0 Å². The van der Waals surface area contributed by atoms with E-state index in [2.05, 4.69) is 4.90 Å². The first-order valence-electron chi connectivity index (χ1n) is 5.64. The zero-order chi connectivity index (χ0) is 9.86. The van der Waals surface area contributed by atoms with Crippen LogP contribution < -0.4 is 0 Å². The molecule has 1 aliphatic carbocycles. The van der Waals surface area contributed by atoms with Crippen LogP contribution >= 0.6 is 0 Å². The Balaban J connectivity index is 1.80. The highest BCUT2D eigenvalue weighted by Gasteiger charge is 2.38. The van der Waals surface area contributed by atoms with E-state index in [9.17, 15) is 0 Å². The van der Waals surface area contributed by atoms with Gasteiger partial charge in [0.15, 0.2) is 0 Å². The molecule has 0 amide bonds. The van der Waals surface area contributed by atoms with Crippen molar-refractivity contribution in [2.45, 2.75) is 19.3 Å². The van der Waals surface area contributed by atoms with Crippen molar-refractivity contribution in [1.82, 2.24) is 4.90 Å². The van der Waals surface area contributed by atoms with Crippen molar-refractivity contribution >= 4 is 0 Å². The van der Waals surface area contributed by atoms with E-state index in [1.165, 1.54) is 25.8 Å². The van der Waals surface area contributed by atoms with E-state index < -0.39 is 0 Å². The molecule has 0 N–H and O–H groups in total. The molecule has 0 radical (unpaired) electrons. The van der Waals surface area contributed by atoms with E-state index in [0.29, 0.717) is 5.41 Å². The van der Waals surface area contributed by atoms with E-state index in [0.717, 1.165) is 32.9 Å². The van der Waals surface area contributed by atoms with Crippen molar-refractivity contribution in [3.8, 4) is 0 Å². The molecule has 1 saturated heterocycles. The lowest BCUT2D eigenvalue weighted by Crippen LogP contribution is -2.48. The van der Waals surface area contributed by atoms with Gasteiger partial charge in [0.25, 0.3) is 0 Å². The fraction of sp³-hybridized carbons (Fsp3) is 1.00. The predicted molar refractivity (Wildman–Crippen MR) is 55.4 cm³/mol. The average Bonchev–Trinajstić information content (AvgIpc) is 2.16. The van der Waals surface area contributed by atoms with E-state index in [4.69, 9.17) is 9.47 Å². The molecule has 0 aromatic heterocycles. The summed E-state index contributed by atoms with van der Waals surface area (Å²) >= 11 is 0. The summed E-state index contributed by atoms with van der Waals surface area (Å²) in [7, 11) is 1.82. The van der Waals surface area contributed by atoms with Gasteiger partial charge in [-0.2, -0.15) is 0 Å². The Kier molecular flexibility index (Phi) is 3.42. The lowest BCUT2D eigenvalue weighted by molar-refractivity contribution is -0.0395. The Morgan fingerprint density at radius 3 is 2.50 bits per heavy atom. The molecule has 2 aliphatic rings. The number of hydrogen-bond donors (Lipinski definition) is 0.